The van der Waals surface area contributed by atoms with Crippen molar-refractivity contribution in [2.45, 2.75) is 49.1 Å². The molecule has 2 bridgehead atoms. The van der Waals surface area contributed by atoms with Crippen molar-refractivity contribution >= 4 is 22.1 Å². The van der Waals surface area contributed by atoms with E-state index in [1.807, 2.05) is 0 Å². The maximum absolute atomic E-state index is 13.4. The second kappa shape index (κ2) is 7.74. The third kappa shape index (κ3) is 4.90. The Labute approximate surface area is 170 Å². The van der Waals surface area contributed by atoms with Crippen molar-refractivity contribution in [3.8, 4) is 0 Å². The number of alkyl halides is 6. The van der Waals surface area contributed by atoms with Crippen LogP contribution in [0.25, 0.3) is 0 Å². The molecular weight excluding hydrogens is 470 g/mol. The summed E-state index contributed by atoms with van der Waals surface area (Å²) in [6.45, 7) is 0.379. The first kappa shape index (κ1) is 24.0. The lowest BCUT2D eigenvalue weighted by molar-refractivity contribution is -0.362. The number of fused-ring (bicyclic) bond motifs is 2. The van der Waals surface area contributed by atoms with E-state index in [-0.39, 0.29) is 19.1 Å². The first-order valence-electron chi connectivity index (χ1n) is 8.79. The molecule has 0 amide bonds. The maximum Gasteiger partial charge on any atom is 0.438 e. The van der Waals surface area contributed by atoms with E-state index in [9.17, 15) is 44.3 Å². The Morgan fingerprint density at radius 2 is 1.71 bits per heavy atom. The number of hydrogen-bond donors (Lipinski definition) is 1. The average molecular weight is 486 g/mol. The molecule has 0 spiro atoms. The average Bonchev–Trinajstić information content (AvgIpc) is 3.35. The van der Waals surface area contributed by atoms with Gasteiger partial charge in [-0.05, 0) is 6.42 Å². The van der Waals surface area contributed by atoms with Crippen LogP contribution in [0.4, 0.5) is 26.3 Å². The van der Waals surface area contributed by atoms with Crippen molar-refractivity contribution in [1.29, 1.82) is 0 Å². The lowest BCUT2D eigenvalue weighted by Crippen LogP contribution is -2.64. The van der Waals surface area contributed by atoms with Crippen LogP contribution in [-0.2, 0) is 38.7 Å². The number of carbonyl (C=O) groups is 2. The fraction of sp³-hybridized carbons (Fsp3) is 0.867. The van der Waals surface area contributed by atoms with Gasteiger partial charge in [-0.25, -0.2) is 0 Å². The standard InChI is InChI=1S/C15H16F6O9S/c16-14(17,18)13(15(19,20)21,5-31(24,25)26)30-12(23)8-1-9(28-4-6-3-27-6)10-2-7(8)11(22)29-10/h6-10H,1-5H2,(H,24,25,26). The summed E-state index contributed by atoms with van der Waals surface area (Å²) in [6.07, 6.45) is -15.8. The maximum atomic E-state index is 13.4. The number of halogens is 6. The van der Waals surface area contributed by atoms with Gasteiger partial charge in [0.25, 0.3) is 10.1 Å². The highest BCUT2D eigenvalue weighted by molar-refractivity contribution is 7.85. The molecule has 3 aliphatic rings. The summed E-state index contributed by atoms with van der Waals surface area (Å²) in [4.78, 5) is 24.4. The van der Waals surface area contributed by atoms with Gasteiger partial charge in [0.2, 0.25) is 0 Å². The zero-order chi connectivity index (χ0) is 23.4. The molecule has 5 atom stereocenters. The van der Waals surface area contributed by atoms with Gasteiger partial charge in [-0.3, -0.25) is 14.1 Å². The molecule has 1 saturated carbocycles. The molecule has 3 fully saturated rings. The van der Waals surface area contributed by atoms with Crippen molar-refractivity contribution in [2.75, 3.05) is 19.0 Å². The van der Waals surface area contributed by atoms with E-state index in [0.717, 1.165) is 0 Å². The molecule has 0 aromatic rings. The number of carbonyl (C=O) groups excluding carboxylic acids is 2. The summed E-state index contributed by atoms with van der Waals surface area (Å²) in [5.74, 6) is -9.35. The summed E-state index contributed by atoms with van der Waals surface area (Å²) in [5, 5.41) is 0. The number of ether oxygens (including phenoxy) is 4. The highest BCUT2D eigenvalue weighted by Gasteiger charge is 2.76. The lowest BCUT2D eigenvalue weighted by atomic mass is 9.78. The highest BCUT2D eigenvalue weighted by Crippen LogP contribution is 2.49. The van der Waals surface area contributed by atoms with E-state index in [4.69, 9.17) is 18.8 Å². The second-order valence-corrected chi connectivity index (χ2v) is 8.91. The fourth-order valence-corrected chi connectivity index (χ4v) is 4.46. The monoisotopic (exact) mass is 486 g/mol. The van der Waals surface area contributed by atoms with Crippen LogP contribution in [0.15, 0.2) is 0 Å². The molecule has 1 N–H and O–H groups in total. The van der Waals surface area contributed by atoms with E-state index in [2.05, 4.69) is 4.74 Å². The van der Waals surface area contributed by atoms with E-state index >= 15 is 0 Å². The van der Waals surface area contributed by atoms with Crippen LogP contribution >= 0.6 is 0 Å². The summed E-state index contributed by atoms with van der Waals surface area (Å²) in [5.41, 5.74) is -5.54. The predicted molar refractivity (Wildman–Crippen MR) is 82.9 cm³/mol. The Morgan fingerprint density at radius 1 is 1.13 bits per heavy atom. The van der Waals surface area contributed by atoms with Gasteiger partial charge in [0.15, 0.2) is 0 Å². The summed E-state index contributed by atoms with van der Waals surface area (Å²) in [6, 6.07) is 0. The van der Waals surface area contributed by atoms with Crippen LogP contribution in [0.2, 0.25) is 0 Å². The van der Waals surface area contributed by atoms with E-state index < -0.39 is 76.2 Å². The highest BCUT2D eigenvalue weighted by atomic mass is 32.2. The molecule has 2 aliphatic heterocycles. The Kier molecular flexibility index (Phi) is 5.99. The van der Waals surface area contributed by atoms with Gasteiger partial charge in [-0.1, -0.05) is 0 Å². The Morgan fingerprint density at radius 3 is 2.19 bits per heavy atom. The number of esters is 2. The van der Waals surface area contributed by atoms with Gasteiger partial charge < -0.3 is 18.9 Å². The van der Waals surface area contributed by atoms with Crippen LogP contribution in [0.3, 0.4) is 0 Å². The van der Waals surface area contributed by atoms with Crippen molar-refractivity contribution in [3.63, 3.8) is 0 Å². The normalized spacial score (nSPS) is 31.3. The first-order chi connectivity index (χ1) is 14.0. The summed E-state index contributed by atoms with van der Waals surface area (Å²) < 4.78 is 130. The molecule has 178 valence electrons. The Hall–Kier alpha value is -1.65. The quantitative estimate of drug-likeness (QED) is 0.243. The van der Waals surface area contributed by atoms with E-state index in [1.165, 1.54) is 0 Å². The second-order valence-electron chi connectivity index (χ2n) is 7.46. The predicted octanol–water partition coefficient (Wildman–Crippen LogP) is 1.02. The molecule has 1 aliphatic carbocycles. The lowest BCUT2D eigenvalue weighted by Gasteiger charge is -2.38. The molecule has 0 radical (unpaired) electrons. The third-order valence-electron chi connectivity index (χ3n) is 5.22. The minimum Gasteiger partial charge on any atom is -0.459 e. The largest absolute Gasteiger partial charge is 0.459 e. The molecule has 5 unspecified atom stereocenters. The molecular formula is C15H16F6O9S. The van der Waals surface area contributed by atoms with Crippen LogP contribution in [0.5, 0.6) is 0 Å². The first-order valence-corrected chi connectivity index (χ1v) is 10.4. The molecule has 2 saturated heterocycles. The van der Waals surface area contributed by atoms with Crippen LogP contribution < -0.4 is 0 Å². The molecule has 3 rings (SSSR count). The minimum absolute atomic E-state index is 0.00292. The van der Waals surface area contributed by atoms with Crippen LogP contribution in [0.1, 0.15) is 12.8 Å². The smallest absolute Gasteiger partial charge is 0.438 e. The zero-order valence-corrected chi connectivity index (χ0v) is 16.1. The molecule has 2 heterocycles. The number of hydrogen-bond acceptors (Lipinski definition) is 8. The zero-order valence-electron chi connectivity index (χ0n) is 15.3. The van der Waals surface area contributed by atoms with Gasteiger partial charge in [-0.2, -0.15) is 34.8 Å². The number of epoxide rings is 1. The third-order valence-corrected chi connectivity index (χ3v) is 5.99. The Balaban J connectivity index is 1.88. The van der Waals surface area contributed by atoms with Gasteiger partial charge in [-0.15, -0.1) is 0 Å². The molecule has 31 heavy (non-hydrogen) atoms. The van der Waals surface area contributed by atoms with Crippen molar-refractivity contribution in [2.24, 2.45) is 11.8 Å². The van der Waals surface area contributed by atoms with Gasteiger partial charge >= 0.3 is 29.9 Å². The molecule has 0 aromatic heterocycles. The van der Waals surface area contributed by atoms with E-state index in [1.54, 1.807) is 0 Å². The van der Waals surface area contributed by atoms with Crippen LogP contribution in [0, 0.1) is 11.8 Å². The van der Waals surface area contributed by atoms with Crippen LogP contribution in [-0.4, -0.2) is 80.1 Å². The van der Waals surface area contributed by atoms with Gasteiger partial charge in [0.1, 0.15) is 18.0 Å². The van der Waals surface area contributed by atoms with Gasteiger partial charge in [0, 0.05) is 6.42 Å². The Bertz CT molecular complexity index is 821. The number of rotatable bonds is 7. The minimum atomic E-state index is -6.46. The van der Waals surface area contributed by atoms with E-state index in [0.29, 0.717) is 6.61 Å². The topological polar surface area (TPSA) is 129 Å². The van der Waals surface area contributed by atoms with Crippen molar-refractivity contribution in [1.82, 2.24) is 0 Å². The van der Waals surface area contributed by atoms with Gasteiger partial charge in [0.05, 0.1) is 31.2 Å². The molecule has 16 heteroatoms. The summed E-state index contributed by atoms with van der Waals surface area (Å²) in [7, 11) is -5.92. The van der Waals surface area contributed by atoms with Crippen molar-refractivity contribution in [3.05, 3.63) is 0 Å². The SMILES string of the molecule is O=C1OC2CC1C(C(=O)OC(CS(=O)(=O)O)(C(F)(F)F)C(F)(F)F)CC2OCC1CO1. The molecule has 9 nitrogen and oxygen atoms in total. The fourth-order valence-electron chi connectivity index (χ4n) is 3.56. The van der Waals surface area contributed by atoms with Crippen molar-refractivity contribution < 1.29 is 67.8 Å². The summed E-state index contributed by atoms with van der Waals surface area (Å²) >= 11 is 0. The molecule has 0 aromatic carbocycles.